The number of anilines is 2. The summed E-state index contributed by atoms with van der Waals surface area (Å²) in [5.74, 6) is 2.17. The number of ether oxygens (including phenoxy) is 3. The van der Waals surface area contributed by atoms with Crippen molar-refractivity contribution < 1.29 is 14.2 Å². The van der Waals surface area contributed by atoms with Crippen LogP contribution in [0.25, 0.3) is 5.52 Å². The minimum absolute atomic E-state index is 0.106. The van der Waals surface area contributed by atoms with Crippen LogP contribution in [-0.4, -0.2) is 54.8 Å². The highest BCUT2D eigenvalue weighted by Crippen LogP contribution is 2.33. The SMILES string of the molecule is COCc1cc2c(Nc3cc([C@H]4C[C@@H](Oc5nnccc5C(C)C)CO4)[nH]n3)nccn2n1. The first-order valence-electron chi connectivity index (χ1n) is 10.8. The molecule has 5 heterocycles. The summed E-state index contributed by atoms with van der Waals surface area (Å²) in [6, 6.07) is 5.80. The van der Waals surface area contributed by atoms with E-state index in [0.29, 0.717) is 43.1 Å². The largest absolute Gasteiger partial charge is 0.471 e. The lowest BCUT2D eigenvalue weighted by Crippen LogP contribution is -2.18. The summed E-state index contributed by atoms with van der Waals surface area (Å²) in [6.07, 6.45) is 5.60. The quantitative estimate of drug-likeness (QED) is 0.416. The number of methoxy groups -OCH3 is 1. The highest BCUT2D eigenvalue weighted by molar-refractivity contribution is 5.72. The molecule has 0 radical (unpaired) electrons. The molecule has 1 aliphatic rings. The second-order valence-corrected chi connectivity index (χ2v) is 8.25. The van der Waals surface area contributed by atoms with E-state index in [9.17, 15) is 0 Å². The predicted octanol–water partition coefficient (Wildman–Crippen LogP) is 3.16. The Labute approximate surface area is 190 Å². The fourth-order valence-electron chi connectivity index (χ4n) is 3.89. The number of nitrogens with one attached hydrogen (secondary N) is 2. The number of aromatic nitrogens is 7. The van der Waals surface area contributed by atoms with Crippen molar-refractivity contribution in [2.24, 2.45) is 0 Å². The Balaban J connectivity index is 1.26. The molecule has 172 valence electrons. The number of aromatic amines is 1. The maximum absolute atomic E-state index is 6.11. The fraction of sp³-hybridized carbons (Fsp3) is 0.409. The molecule has 11 heteroatoms. The molecule has 4 aromatic heterocycles. The third kappa shape index (κ3) is 4.50. The molecule has 0 aliphatic carbocycles. The molecular weight excluding hydrogens is 424 g/mol. The van der Waals surface area contributed by atoms with E-state index in [2.05, 4.69) is 49.6 Å². The molecule has 0 spiro atoms. The molecule has 5 rings (SSSR count). The Morgan fingerprint density at radius 3 is 3.06 bits per heavy atom. The van der Waals surface area contributed by atoms with Crippen molar-refractivity contribution in [3.05, 3.63) is 53.7 Å². The molecule has 2 atom stereocenters. The molecule has 0 aromatic carbocycles. The first-order chi connectivity index (χ1) is 16.1. The van der Waals surface area contributed by atoms with E-state index in [1.807, 2.05) is 18.2 Å². The van der Waals surface area contributed by atoms with Crippen molar-refractivity contribution in [1.82, 2.24) is 35.0 Å². The molecule has 2 N–H and O–H groups in total. The van der Waals surface area contributed by atoms with Gasteiger partial charge in [-0.25, -0.2) is 9.50 Å². The van der Waals surface area contributed by atoms with Gasteiger partial charge in [0.1, 0.15) is 17.7 Å². The third-order valence-electron chi connectivity index (χ3n) is 5.50. The van der Waals surface area contributed by atoms with Gasteiger partial charge in [0.05, 0.1) is 30.8 Å². The summed E-state index contributed by atoms with van der Waals surface area (Å²) >= 11 is 0. The van der Waals surface area contributed by atoms with Crippen LogP contribution in [0, 0.1) is 0 Å². The molecule has 0 amide bonds. The minimum Gasteiger partial charge on any atom is -0.471 e. The van der Waals surface area contributed by atoms with Gasteiger partial charge in [-0.05, 0) is 18.1 Å². The molecule has 0 unspecified atom stereocenters. The van der Waals surface area contributed by atoms with Crippen molar-refractivity contribution in [1.29, 1.82) is 0 Å². The van der Waals surface area contributed by atoms with Crippen LogP contribution in [0.2, 0.25) is 0 Å². The van der Waals surface area contributed by atoms with Crippen molar-refractivity contribution in [3.8, 4) is 5.88 Å². The van der Waals surface area contributed by atoms with Crippen LogP contribution in [0.4, 0.5) is 11.6 Å². The van der Waals surface area contributed by atoms with E-state index in [1.54, 1.807) is 30.2 Å². The average Bonchev–Trinajstić information content (AvgIpc) is 3.54. The highest BCUT2D eigenvalue weighted by Gasteiger charge is 2.31. The van der Waals surface area contributed by atoms with Crippen LogP contribution in [-0.2, 0) is 16.1 Å². The van der Waals surface area contributed by atoms with E-state index in [4.69, 9.17) is 14.2 Å². The average molecular weight is 451 g/mol. The lowest BCUT2D eigenvalue weighted by Gasteiger charge is -2.15. The van der Waals surface area contributed by atoms with Gasteiger partial charge in [0, 0.05) is 37.6 Å². The zero-order valence-corrected chi connectivity index (χ0v) is 18.7. The van der Waals surface area contributed by atoms with Gasteiger partial charge in [0.25, 0.3) is 0 Å². The van der Waals surface area contributed by atoms with Gasteiger partial charge < -0.3 is 19.5 Å². The zero-order chi connectivity index (χ0) is 22.8. The van der Waals surface area contributed by atoms with Crippen LogP contribution >= 0.6 is 0 Å². The number of nitrogens with zero attached hydrogens (tertiary/aromatic N) is 6. The van der Waals surface area contributed by atoms with Gasteiger partial charge in [-0.2, -0.15) is 15.3 Å². The zero-order valence-electron chi connectivity index (χ0n) is 18.7. The Morgan fingerprint density at radius 1 is 1.30 bits per heavy atom. The van der Waals surface area contributed by atoms with Gasteiger partial charge >= 0.3 is 0 Å². The number of fused-ring (bicyclic) bond motifs is 1. The van der Waals surface area contributed by atoms with Crippen molar-refractivity contribution in [2.45, 2.75) is 45.0 Å². The number of rotatable bonds is 8. The van der Waals surface area contributed by atoms with Crippen LogP contribution in [0.15, 0.2) is 36.8 Å². The summed E-state index contributed by atoms with van der Waals surface area (Å²) in [6.45, 7) is 5.12. The summed E-state index contributed by atoms with van der Waals surface area (Å²) in [5, 5.41) is 23.3. The Morgan fingerprint density at radius 2 is 2.21 bits per heavy atom. The van der Waals surface area contributed by atoms with E-state index in [0.717, 1.165) is 22.5 Å². The minimum atomic E-state index is -0.149. The molecular formula is C22H26N8O3. The monoisotopic (exact) mass is 450 g/mol. The first kappa shape index (κ1) is 21.3. The molecule has 1 fully saturated rings. The summed E-state index contributed by atoms with van der Waals surface area (Å²) in [4.78, 5) is 4.43. The summed E-state index contributed by atoms with van der Waals surface area (Å²) in [5.41, 5.74) is 3.57. The van der Waals surface area contributed by atoms with E-state index < -0.39 is 0 Å². The lowest BCUT2D eigenvalue weighted by molar-refractivity contribution is 0.0905. The van der Waals surface area contributed by atoms with Crippen LogP contribution in [0.5, 0.6) is 5.88 Å². The van der Waals surface area contributed by atoms with E-state index in [-0.39, 0.29) is 12.2 Å². The van der Waals surface area contributed by atoms with Crippen LogP contribution in [0.3, 0.4) is 0 Å². The molecule has 0 saturated carbocycles. The van der Waals surface area contributed by atoms with E-state index in [1.165, 1.54) is 0 Å². The smallest absolute Gasteiger partial charge is 0.237 e. The van der Waals surface area contributed by atoms with Crippen LogP contribution < -0.4 is 10.1 Å². The number of H-pyrrole nitrogens is 1. The summed E-state index contributed by atoms with van der Waals surface area (Å²) < 4.78 is 19.0. The van der Waals surface area contributed by atoms with Crippen LogP contribution in [0.1, 0.15) is 49.2 Å². The molecule has 11 nitrogen and oxygen atoms in total. The fourth-order valence-corrected chi connectivity index (χ4v) is 3.89. The highest BCUT2D eigenvalue weighted by atomic mass is 16.6. The molecule has 0 bridgehead atoms. The van der Waals surface area contributed by atoms with Gasteiger partial charge in [-0.1, -0.05) is 13.8 Å². The second kappa shape index (κ2) is 9.12. The Kier molecular flexibility index (Phi) is 5.88. The maximum atomic E-state index is 6.11. The number of hydrogen-bond acceptors (Lipinski definition) is 9. The van der Waals surface area contributed by atoms with Gasteiger partial charge in [-0.15, -0.1) is 5.10 Å². The van der Waals surface area contributed by atoms with E-state index >= 15 is 0 Å². The molecule has 33 heavy (non-hydrogen) atoms. The van der Waals surface area contributed by atoms with Crippen molar-refractivity contribution in [2.75, 3.05) is 19.0 Å². The predicted molar refractivity (Wildman–Crippen MR) is 119 cm³/mol. The molecule has 1 saturated heterocycles. The van der Waals surface area contributed by atoms with Crippen molar-refractivity contribution in [3.63, 3.8) is 0 Å². The number of hydrogen-bond donors (Lipinski definition) is 2. The third-order valence-corrected chi connectivity index (χ3v) is 5.50. The topological polar surface area (TPSA) is 124 Å². The van der Waals surface area contributed by atoms with Gasteiger partial charge in [0.15, 0.2) is 11.6 Å². The van der Waals surface area contributed by atoms with Gasteiger partial charge in [0.2, 0.25) is 5.88 Å². The van der Waals surface area contributed by atoms with Gasteiger partial charge in [-0.3, -0.25) is 5.10 Å². The standard InChI is InChI=1S/C22H26N8O3/c1-13(2)16-4-5-24-28-22(16)33-15-9-19(32-12-15)17-10-20(27-26-17)25-21-18-8-14(11-31-3)29-30(18)7-6-23-21/h4-8,10,13,15,19H,9,11-12H2,1-3H3,(H2,23,25,26,27)/t15-,19-/m1/s1. The summed E-state index contributed by atoms with van der Waals surface area (Å²) in [7, 11) is 1.64. The maximum Gasteiger partial charge on any atom is 0.237 e. The Bertz CT molecular complexity index is 1240. The second-order valence-electron chi connectivity index (χ2n) is 8.25. The molecule has 4 aromatic rings. The molecule has 1 aliphatic heterocycles. The first-order valence-corrected chi connectivity index (χ1v) is 10.8. The lowest BCUT2D eigenvalue weighted by atomic mass is 10.1. The normalized spacial score (nSPS) is 18.3. The van der Waals surface area contributed by atoms with Crippen molar-refractivity contribution >= 4 is 17.2 Å². The Hall–Kier alpha value is -3.57.